The third-order valence-corrected chi connectivity index (χ3v) is 3.99. The van der Waals surface area contributed by atoms with Crippen LogP contribution in [0.3, 0.4) is 0 Å². The maximum Gasteiger partial charge on any atom is 0.0856 e. The van der Waals surface area contributed by atoms with Crippen LogP contribution in [0.2, 0.25) is 0 Å². The van der Waals surface area contributed by atoms with E-state index in [9.17, 15) is 0 Å². The molecule has 0 amide bonds. The number of rotatable bonds is 3. The molecule has 88 valence electrons. The van der Waals surface area contributed by atoms with Crippen molar-refractivity contribution in [2.24, 2.45) is 5.92 Å². The molecule has 3 heteroatoms. The molecule has 0 aromatic rings. The monoisotopic (exact) mass is 212 g/mol. The second-order valence-corrected chi connectivity index (χ2v) is 5.14. The molecular formula is C12H24N2O. The Morgan fingerprint density at radius 2 is 1.93 bits per heavy atom. The smallest absolute Gasteiger partial charge is 0.0856 e. The Labute approximate surface area is 93.2 Å². The fraction of sp³-hybridized carbons (Fsp3) is 1.00. The van der Waals surface area contributed by atoms with Crippen LogP contribution in [0, 0.1) is 5.92 Å². The minimum atomic E-state index is 0.482. The standard InChI is InChI=1S/C12H24N2O/c1-9(2)14-8-11(15-3)12(14)10-4-6-13-7-5-10/h9-13H,4-8H2,1-3H3/t11-,12-/m0/s1. The number of nitrogens with one attached hydrogen (secondary N) is 1. The van der Waals surface area contributed by atoms with E-state index in [2.05, 4.69) is 24.1 Å². The molecule has 2 atom stereocenters. The molecule has 0 aromatic heterocycles. The van der Waals surface area contributed by atoms with Gasteiger partial charge in [-0.1, -0.05) is 0 Å². The van der Waals surface area contributed by atoms with Crippen LogP contribution in [0.25, 0.3) is 0 Å². The zero-order valence-corrected chi connectivity index (χ0v) is 10.2. The Hall–Kier alpha value is -0.120. The zero-order chi connectivity index (χ0) is 10.8. The second kappa shape index (κ2) is 4.81. The highest BCUT2D eigenvalue weighted by molar-refractivity contribution is 4.99. The van der Waals surface area contributed by atoms with Gasteiger partial charge in [-0.3, -0.25) is 4.90 Å². The average molecular weight is 212 g/mol. The Morgan fingerprint density at radius 1 is 1.27 bits per heavy atom. The fourth-order valence-electron chi connectivity index (χ4n) is 3.04. The number of methoxy groups -OCH3 is 1. The molecule has 0 radical (unpaired) electrons. The third kappa shape index (κ3) is 2.19. The highest BCUT2D eigenvalue weighted by Gasteiger charge is 2.44. The lowest BCUT2D eigenvalue weighted by Gasteiger charge is -2.53. The van der Waals surface area contributed by atoms with Crippen molar-refractivity contribution in [1.29, 1.82) is 0 Å². The Bertz CT molecular complexity index is 202. The minimum absolute atomic E-state index is 0.482. The van der Waals surface area contributed by atoms with Crippen LogP contribution in [0.1, 0.15) is 26.7 Å². The lowest BCUT2D eigenvalue weighted by molar-refractivity contribution is -0.125. The van der Waals surface area contributed by atoms with E-state index >= 15 is 0 Å². The van der Waals surface area contributed by atoms with Crippen molar-refractivity contribution in [3.8, 4) is 0 Å². The summed E-state index contributed by atoms with van der Waals surface area (Å²) in [5.74, 6) is 0.840. The van der Waals surface area contributed by atoms with E-state index in [1.165, 1.54) is 25.9 Å². The van der Waals surface area contributed by atoms with Crippen molar-refractivity contribution in [1.82, 2.24) is 10.2 Å². The van der Waals surface area contributed by atoms with Gasteiger partial charge in [0.25, 0.3) is 0 Å². The Kier molecular flexibility index (Phi) is 3.65. The molecule has 3 nitrogen and oxygen atoms in total. The molecule has 0 unspecified atom stereocenters. The molecule has 0 spiro atoms. The van der Waals surface area contributed by atoms with E-state index in [4.69, 9.17) is 4.74 Å². The molecule has 0 bridgehead atoms. The van der Waals surface area contributed by atoms with Crippen molar-refractivity contribution < 1.29 is 4.74 Å². The summed E-state index contributed by atoms with van der Waals surface area (Å²) in [5, 5.41) is 3.44. The van der Waals surface area contributed by atoms with Gasteiger partial charge < -0.3 is 10.1 Å². The summed E-state index contributed by atoms with van der Waals surface area (Å²) >= 11 is 0. The first-order chi connectivity index (χ1) is 7.24. The molecule has 2 saturated heterocycles. The predicted molar refractivity (Wildman–Crippen MR) is 62.0 cm³/mol. The number of nitrogens with zero attached hydrogens (tertiary/aromatic N) is 1. The Morgan fingerprint density at radius 3 is 2.47 bits per heavy atom. The van der Waals surface area contributed by atoms with E-state index in [1.54, 1.807) is 0 Å². The summed E-state index contributed by atoms with van der Waals surface area (Å²) in [6, 6.07) is 1.34. The van der Waals surface area contributed by atoms with Gasteiger partial charge in [0.15, 0.2) is 0 Å². The molecule has 2 heterocycles. The van der Waals surface area contributed by atoms with E-state index in [-0.39, 0.29) is 0 Å². The maximum absolute atomic E-state index is 5.57. The van der Waals surface area contributed by atoms with Crippen molar-refractivity contribution in [2.45, 2.75) is 44.9 Å². The van der Waals surface area contributed by atoms with Crippen LogP contribution in [0.5, 0.6) is 0 Å². The lowest BCUT2D eigenvalue weighted by Crippen LogP contribution is -2.66. The number of piperidine rings is 1. The molecule has 0 aromatic carbocycles. The van der Waals surface area contributed by atoms with Crippen molar-refractivity contribution >= 4 is 0 Å². The van der Waals surface area contributed by atoms with Gasteiger partial charge in [0.1, 0.15) is 0 Å². The summed E-state index contributed by atoms with van der Waals surface area (Å²) in [6.07, 6.45) is 3.11. The number of ether oxygens (including phenoxy) is 1. The van der Waals surface area contributed by atoms with Gasteiger partial charge in [-0.25, -0.2) is 0 Å². The second-order valence-electron chi connectivity index (χ2n) is 5.14. The number of likely N-dealkylation sites (tertiary alicyclic amines) is 1. The van der Waals surface area contributed by atoms with Crippen molar-refractivity contribution in [2.75, 3.05) is 26.7 Å². The highest BCUT2D eigenvalue weighted by Crippen LogP contribution is 2.33. The average Bonchev–Trinajstić information content (AvgIpc) is 2.18. The third-order valence-electron chi connectivity index (χ3n) is 3.99. The summed E-state index contributed by atoms with van der Waals surface area (Å²) in [6.45, 7) is 8.08. The first kappa shape index (κ1) is 11.4. The maximum atomic E-state index is 5.57. The summed E-state index contributed by atoms with van der Waals surface area (Å²) in [7, 11) is 1.86. The number of hydrogen-bond acceptors (Lipinski definition) is 3. The minimum Gasteiger partial charge on any atom is -0.378 e. The molecular weight excluding hydrogens is 188 g/mol. The molecule has 2 aliphatic rings. The molecule has 15 heavy (non-hydrogen) atoms. The largest absolute Gasteiger partial charge is 0.378 e. The lowest BCUT2D eigenvalue weighted by atomic mass is 9.80. The van der Waals surface area contributed by atoms with Crippen molar-refractivity contribution in [3.05, 3.63) is 0 Å². The van der Waals surface area contributed by atoms with Gasteiger partial charge >= 0.3 is 0 Å². The van der Waals surface area contributed by atoms with E-state index in [0.717, 1.165) is 12.5 Å². The van der Waals surface area contributed by atoms with Crippen LogP contribution in [0.15, 0.2) is 0 Å². The molecule has 2 fully saturated rings. The van der Waals surface area contributed by atoms with Crippen LogP contribution in [-0.2, 0) is 4.74 Å². The summed E-state index contributed by atoms with van der Waals surface area (Å²) in [5.41, 5.74) is 0. The van der Waals surface area contributed by atoms with Gasteiger partial charge in [-0.2, -0.15) is 0 Å². The first-order valence-corrected chi connectivity index (χ1v) is 6.23. The molecule has 2 rings (SSSR count). The van der Waals surface area contributed by atoms with Crippen LogP contribution >= 0.6 is 0 Å². The normalized spacial score (nSPS) is 34.4. The van der Waals surface area contributed by atoms with E-state index < -0.39 is 0 Å². The van der Waals surface area contributed by atoms with Gasteiger partial charge in [0.05, 0.1) is 6.10 Å². The van der Waals surface area contributed by atoms with Crippen LogP contribution in [0.4, 0.5) is 0 Å². The SMILES string of the molecule is CO[C@H]1CN(C(C)C)[C@H]1C1CCNCC1. The van der Waals surface area contributed by atoms with E-state index in [0.29, 0.717) is 18.2 Å². The molecule has 0 aliphatic carbocycles. The van der Waals surface area contributed by atoms with Crippen LogP contribution < -0.4 is 5.32 Å². The van der Waals surface area contributed by atoms with Gasteiger partial charge in [0, 0.05) is 25.7 Å². The van der Waals surface area contributed by atoms with Gasteiger partial charge in [0.2, 0.25) is 0 Å². The van der Waals surface area contributed by atoms with Crippen molar-refractivity contribution in [3.63, 3.8) is 0 Å². The zero-order valence-electron chi connectivity index (χ0n) is 10.2. The van der Waals surface area contributed by atoms with Gasteiger partial charge in [-0.15, -0.1) is 0 Å². The number of hydrogen-bond donors (Lipinski definition) is 1. The van der Waals surface area contributed by atoms with Crippen LogP contribution in [-0.4, -0.2) is 49.8 Å². The van der Waals surface area contributed by atoms with Gasteiger partial charge in [-0.05, 0) is 45.7 Å². The topological polar surface area (TPSA) is 24.5 Å². The predicted octanol–water partition coefficient (Wildman–Crippen LogP) is 1.09. The molecule has 0 saturated carbocycles. The summed E-state index contributed by atoms with van der Waals surface area (Å²) in [4.78, 5) is 2.60. The molecule has 2 aliphatic heterocycles. The highest BCUT2D eigenvalue weighted by atomic mass is 16.5. The van der Waals surface area contributed by atoms with E-state index in [1.807, 2.05) is 7.11 Å². The Balaban J connectivity index is 1.95. The summed E-state index contributed by atoms with van der Waals surface area (Å²) < 4.78 is 5.57. The fourth-order valence-corrected chi connectivity index (χ4v) is 3.04. The first-order valence-electron chi connectivity index (χ1n) is 6.23. The molecule has 1 N–H and O–H groups in total. The quantitative estimate of drug-likeness (QED) is 0.758.